The van der Waals surface area contributed by atoms with Gasteiger partial charge in [-0.05, 0) is 50.4 Å². The highest BCUT2D eigenvalue weighted by molar-refractivity contribution is 4.90. The van der Waals surface area contributed by atoms with Crippen LogP contribution in [0.25, 0.3) is 0 Å². The maximum Gasteiger partial charge on any atom is 0.361 e. The summed E-state index contributed by atoms with van der Waals surface area (Å²) in [6, 6.07) is 0. The third-order valence-corrected chi connectivity index (χ3v) is 4.88. The van der Waals surface area contributed by atoms with Gasteiger partial charge in [-0.15, -0.1) is 0 Å². The minimum atomic E-state index is -3.56. The average Bonchev–Trinajstić information content (AvgIpc) is 2.38. The molecular formula is C15H24F4O. The molecule has 0 aromatic heterocycles. The summed E-state index contributed by atoms with van der Waals surface area (Å²) in [6.07, 6.45) is -4.88. The van der Waals surface area contributed by atoms with Crippen molar-refractivity contribution >= 4 is 0 Å². The van der Waals surface area contributed by atoms with Gasteiger partial charge >= 0.3 is 6.11 Å². The van der Waals surface area contributed by atoms with Crippen molar-refractivity contribution in [3.63, 3.8) is 0 Å². The third-order valence-electron chi connectivity index (χ3n) is 4.88. The highest BCUT2D eigenvalue weighted by Gasteiger charge is 2.53. The number of ether oxygens (including phenoxy) is 1. The Balaban J connectivity index is 1.95. The predicted molar refractivity (Wildman–Crippen MR) is 69.1 cm³/mol. The first kappa shape index (κ1) is 16.1. The molecule has 0 aromatic carbocycles. The summed E-state index contributed by atoms with van der Waals surface area (Å²) >= 11 is 0. The molecule has 0 heterocycles. The Hall–Kier alpha value is -0.320. The second-order valence-corrected chi connectivity index (χ2v) is 6.61. The van der Waals surface area contributed by atoms with Gasteiger partial charge in [0.05, 0.1) is 12.0 Å². The highest BCUT2D eigenvalue weighted by atomic mass is 19.3. The van der Waals surface area contributed by atoms with Gasteiger partial charge in [-0.2, -0.15) is 8.78 Å². The Kier molecular flexibility index (Phi) is 4.98. The largest absolute Gasteiger partial charge is 0.361 e. The summed E-state index contributed by atoms with van der Waals surface area (Å²) < 4.78 is 60.6. The van der Waals surface area contributed by atoms with Gasteiger partial charge in [0, 0.05) is 0 Å². The minimum Gasteiger partial charge on any atom is -0.317 e. The van der Waals surface area contributed by atoms with Gasteiger partial charge in [-0.1, -0.05) is 13.8 Å². The van der Waals surface area contributed by atoms with Crippen molar-refractivity contribution in [2.24, 2.45) is 17.8 Å². The molecule has 0 bridgehead atoms. The van der Waals surface area contributed by atoms with Gasteiger partial charge in [0.25, 0.3) is 0 Å². The quantitative estimate of drug-likeness (QED) is 0.673. The van der Waals surface area contributed by atoms with Crippen LogP contribution in [0, 0.1) is 17.8 Å². The normalized spacial score (nSPS) is 43.5. The van der Waals surface area contributed by atoms with E-state index in [2.05, 4.69) is 6.92 Å². The molecule has 0 amide bonds. The van der Waals surface area contributed by atoms with Crippen molar-refractivity contribution < 1.29 is 22.3 Å². The summed E-state index contributed by atoms with van der Waals surface area (Å²) in [7, 11) is 0. The first-order chi connectivity index (χ1) is 9.31. The van der Waals surface area contributed by atoms with Crippen molar-refractivity contribution in [2.45, 2.75) is 76.9 Å². The van der Waals surface area contributed by atoms with Crippen molar-refractivity contribution in [1.82, 2.24) is 0 Å². The molecule has 118 valence electrons. The number of alkyl halides is 4. The number of halogens is 4. The molecule has 4 atom stereocenters. The van der Waals surface area contributed by atoms with Crippen molar-refractivity contribution in [3.05, 3.63) is 0 Å². The van der Waals surface area contributed by atoms with E-state index in [0.29, 0.717) is 18.8 Å². The Morgan fingerprint density at radius 1 is 0.850 bits per heavy atom. The topological polar surface area (TPSA) is 9.23 Å². The van der Waals surface area contributed by atoms with Crippen LogP contribution >= 0.6 is 0 Å². The first-order valence-electron chi connectivity index (χ1n) is 7.65. The summed E-state index contributed by atoms with van der Waals surface area (Å²) in [6.45, 7) is 3.65. The monoisotopic (exact) mass is 296 g/mol. The van der Waals surface area contributed by atoms with Gasteiger partial charge in [0.1, 0.15) is 12.3 Å². The molecule has 20 heavy (non-hydrogen) atoms. The zero-order valence-electron chi connectivity index (χ0n) is 12.1. The molecule has 2 aliphatic carbocycles. The number of hydrogen-bond donors (Lipinski definition) is 0. The first-order valence-corrected chi connectivity index (χ1v) is 7.65. The molecule has 0 radical (unpaired) electrons. The van der Waals surface area contributed by atoms with Crippen LogP contribution in [0.4, 0.5) is 17.6 Å². The molecule has 1 nitrogen and oxygen atoms in total. The number of rotatable bonds is 3. The molecule has 4 unspecified atom stereocenters. The van der Waals surface area contributed by atoms with Gasteiger partial charge in [-0.3, -0.25) is 0 Å². The molecule has 5 heteroatoms. The van der Waals surface area contributed by atoms with Gasteiger partial charge < -0.3 is 4.74 Å². The average molecular weight is 296 g/mol. The van der Waals surface area contributed by atoms with Crippen LogP contribution < -0.4 is 0 Å². The lowest BCUT2D eigenvalue weighted by molar-refractivity contribution is -0.313. The third kappa shape index (κ3) is 3.46. The zero-order chi connectivity index (χ0) is 14.9. The second-order valence-electron chi connectivity index (χ2n) is 6.61. The molecular weight excluding hydrogens is 272 g/mol. The minimum absolute atomic E-state index is 0.0150. The molecule has 2 saturated carbocycles. The summed E-state index contributed by atoms with van der Waals surface area (Å²) in [5, 5.41) is 0. The molecule has 0 saturated heterocycles. The summed E-state index contributed by atoms with van der Waals surface area (Å²) in [4.78, 5) is 0. The van der Waals surface area contributed by atoms with E-state index < -0.39 is 36.4 Å². The molecule has 0 aromatic rings. The SMILES string of the molecule is CC1CCC(OC(F)(F)C2CCC(C)C(F)C2F)CC1. The lowest BCUT2D eigenvalue weighted by atomic mass is 9.79. The predicted octanol–water partition coefficient (Wildman–Crippen LogP) is 4.90. The molecule has 2 rings (SSSR count). The van der Waals surface area contributed by atoms with Gasteiger partial charge in [0.2, 0.25) is 0 Å². The Labute approximate surface area is 118 Å². The fraction of sp³-hybridized carbons (Fsp3) is 1.00. The van der Waals surface area contributed by atoms with Crippen LogP contribution in [0.1, 0.15) is 52.4 Å². The van der Waals surface area contributed by atoms with E-state index in [1.54, 1.807) is 6.92 Å². The van der Waals surface area contributed by atoms with E-state index in [4.69, 9.17) is 4.74 Å². The molecule has 0 spiro atoms. The standard InChI is InChI=1S/C15H24F4O/c1-9-3-6-11(7-4-9)20-15(18,19)12-8-5-10(2)13(16)14(12)17/h9-14H,3-8H2,1-2H3. The maximum atomic E-state index is 14.1. The van der Waals surface area contributed by atoms with E-state index >= 15 is 0 Å². The smallest absolute Gasteiger partial charge is 0.317 e. The fourth-order valence-electron chi connectivity index (χ4n) is 3.31. The summed E-state index contributed by atoms with van der Waals surface area (Å²) in [5.74, 6) is -1.61. The van der Waals surface area contributed by atoms with Crippen LogP contribution in [-0.2, 0) is 4.74 Å². The molecule has 0 aliphatic heterocycles. The lowest BCUT2D eigenvalue weighted by Gasteiger charge is -2.39. The van der Waals surface area contributed by atoms with E-state index in [1.807, 2.05) is 0 Å². The number of hydrogen-bond acceptors (Lipinski definition) is 1. The van der Waals surface area contributed by atoms with Gasteiger partial charge in [-0.25, -0.2) is 8.78 Å². The van der Waals surface area contributed by atoms with E-state index in [0.717, 1.165) is 12.8 Å². The maximum absolute atomic E-state index is 14.1. The lowest BCUT2D eigenvalue weighted by Crippen LogP contribution is -2.48. The van der Waals surface area contributed by atoms with E-state index in [9.17, 15) is 17.6 Å². The molecule has 2 aliphatic rings. The highest BCUT2D eigenvalue weighted by Crippen LogP contribution is 2.44. The van der Waals surface area contributed by atoms with E-state index in [-0.39, 0.29) is 12.8 Å². The van der Waals surface area contributed by atoms with Crippen molar-refractivity contribution in [1.29, 1.82) is 0 Å². The Bertz CT molecular complexity index is 315. The van der Waals surface area contributed by atoms with Crippen LogP contribution in [0.5, 0.6) is 0 Å². The fourth-order valence-corrected chi connectivity index (χ4v) is 3.31. The van der Waals surface area contributed by atoms with Crippen LogP contribution in [-0.4, -0.2) is 24.6 Å². The zero-order valence-corrected chi connectivity index (χ0v) is 12.1. The van der Waals surface area contributed by atoms with Crippen molar-refractivity contribution in [3.8, 4) is 0 Å². The van der Waals surface area contributed by atoms with Crippen LogP contribution in [0.3, 0.4) is 0 Å². The molecule has 0 N–H and O–H groups in total. The molecule has 2 fully saturated rings. The van der Waals surface area contributed by atoms with Crippen LogP contribution in [0.15, 0.2) is 0 Å². The van der Waals surface area contributed by atoms with E-state index in [1.165, 1.54) is 0 Å². The summed E-state index contributed by atoms with van der Waals surface area (Å²) in [5.41, 5.74) is 0. The Morgan fingerprint density at radius 2 is 1.45 bits per heavy atom. The van der Waals surface area contributed by atoms with Crippen molar-refractivity contribution in [2.75, 3.05) is 0 Å². The Morgan fingerprint density at radius 3 is 2.05 bits per heavy atom. The second kappa shape index (κ2) is 6.20. The van der Waals surface area contributed by atoms with Crippen LogP contribution in [0.2, 0.25) is 0 Å². The van der Waals surface area contributed by atoms with Gasteiger partial charge in [0.15, 0.2) is 0 Å².